The van der Waals surface area contributed by atoms with Gasteiger partial charge in [-0.3, -0.25) is 19.3 Å². The van der Waals surface area contributed by atoms with Crippen LogP contribution in [0, 0.1) is 0 Å². The predicted molar refractivity (Wildman–Crippen MR) is 114 cm³/mol. The lowest BCUT2D eigenvalue weighted by Gasteiger charge is -2.38. The van der Waals surface area contributed by atoms with E-state index in [4.69, 9.17) is 16.3 Å². The molecule has 1 fully saturated rings. The standard InChI is InChI=1S/C23H23ClN2O5/c1-31-13-12-26-21(28)18-7-2-15(14-19(18)22(26)29)20(27)25-10-8-23(30,9-11-25)16-3-5-17(24)6-4-16/h2-7,14,30H,8-13H2,1H3. The fraction of sp³-hybridized carbons (Fsp3) is 0.348. The first kappa shape index (κ1) is 21.5. The molecule has 0 saturated carbocycles. The van der Waals surface area contributed by atoms with Crippen LogP contribution >= 0.6 is 11.6 Å². The maximum atomic E-state index is 13.0. The molecule has 0 bridgehead atoms. The van der Waals surface area contributed by atoms with Crippen LogP contribution in [0.15, 0.2) is 42.5 Å². The normalized spacial score (nSPS) is 17.8. The molecule has 1 N–H and O–H groups in total. The van der Waals surface area contributed by atoms with Gasteiger partial charge in [-0.25, -0.2) is 0 Å². The number of likely N-dealkylation sites (tertiary alicyclic amines) is 1. The predicted octanol–water partition coefficient (Wildman–Crippen LogP) is 2.71. The summed E-state index contributed by atoms with van der Waals surface area (Å²) in [6, 6.07) is 11.7. The number of halogens is 1. The number of fused-ring (bicyclic) bond motifs is 1. The van der Waals surface area contributed by atoms with E-state index in [1.165, 1.54) is 19.2 Å². The molecule has 0 radical (unpaired) electrons. The zero-order valence-corrected chi connectivity index (χ0v) is 17.9. The van der Waals surface area contributed by atoms with Gasteiger partial charge in [-0.15, -0.1) is 0 Å². The number of benzene rings is 2. The Bertz CT molecular complexity index is 1030. The molecule has 0 atom stereocenters. The smallest absolute Gasteiger partial charge is 0.261 e. The van der Waals surface area contributed by atoms with Gasteiger partial charge in [-0.1, -0.05) is 23.7 Å². The van der Waals surface area contributed by atoms with Crippen molar-refractivity contribution in [3.05, 3.63) is 69.7 Å². The van der Waals surface area contributed by atoms with Gasteiger partial charge in [0.1, 0.15) is 0 Å². The molecule has 0 spiro atoms. The second kappa shape index (κ2) is 8.42. The Morgan fingerprint density at radius 1 is 1.06 bits per heavy atom. The fourth-order valence-corrected chi connectivity index (χ4v) is 4.25. The minimum Gasteiger partial charge on any atom is -0.385 e. The van der Waals surface area contributed by atoms with E-state index in [0.717, 1.165) is 10.5 Å². The first-order valence-electron chi connectivity index (χ1n) is 10.1. The van der Waals surface area contributed by atoms with E-state index in [2.05, 4.69) is 0 Å². The average Bonchev–Trinajstić information content (AvgIpc) is 3.02. The average molecular weight is 443 g/mol. The molecule has 2 heterocycles. The number of ether oxygens (including phenoxy) is 1. The number of carbonyl (C=O) groups is 3. The van der Waals surface area contributed by atoms with E-state index in [0.29, 0.717) is 42.1 Å². The van der Waals surface area contributed by atoms with Gasteiger partial charge in [0.15, 0.2) is 0 Å². The van der Waals surface area contributed by atoms with Gasteiger partial charge in [-0.2, -0.15) is 0 Å². The van der Waals surface area contributed by atoms with E-state index in [1.807, 2.05) is 0 Å². The third kappa shape index (κ3) is 3.96. The van der Waals surface area contributed by atoms with Crippen molar-refractivity contribution in [1.29, 1.82) is 0 Å². The molecule has 162 valence electrons. The number of piperidine rings is 1. The summed E-state index contributed by atoms with van der Waals surface area (Å²) in [7, 11) is 1.50. The zero-order valence-electron chi connectivity index (χ0n) is 17.1. The summed E-state index contributed by atoms with van der Waals surface area (Å²) in [5.41, 5.74) is 0.658. The number of carbonyl (C=O) groups excluding carboxylic acids is 3. The summed E-state index contributed by atoms with van der Waals surface area (Å²) in [6.07, 6.45) is 0.793. The minimum absolute atomic E-state index is 0.168. The van der Waals surface area contributed by atoms with Crippen molar-refractivity contribution in [2.75, 3.05) is 33.4 Å². The minimum atomic E-state index is -1.01. The molecule has 0 aromatic heterocycles. The highest BCUT2D eigenvalue weighted by atomic mass is 35.5. The summed E-state index contributed by atoms with van der Waals surface area (Å²) in [5.74, 6) is -1.01. The maximum absolute atomic E-state index is 13.0. The number of methoxy groups -OCH3 is 1. The van der Waals surface area contributed by atoms with Gasteiger partial charge in [0.2, 0.25) is 0 Å². The molecule has 1 saturated heterocycles. The molecule has 7 nitrogen and oxygen atoms in total. The molecular weight excluding hydrogens is 420 g/mol. The van der Waals surface area contributed by atoms with E-state index in [1.54, 1.807) is 35.2 Å². The molecular formula is C23H23ClN2O5. The van der Waals surface area contributed by atoms with Crippen LogP contribution in [0.4, 0.5) is 0 Å². The van der Waals surface area contributed by atoms with Crippen LogP contribution in [0.3, 0.4) is 0 Å². The number of hydrogen-bond acceptors (Lipinski definition) is 5. The topological polar surface area (TPSA) is 87.2 Å². The highest BCUT2D eigenvalue weighted by molar-refractivity contribution is 6.30. The fourth-order valence-electron chi connectivity index (χ4n) is 4.12. The molecule has 2 aromatic carbocycles. The highest BCUT2D eigenvalue weighted by Crippen LogP contribution is 2.34. The van der Waals surface area contributed by atoms with Crippen LogP contribution in [-0.4, -0.2) is 66.0 Å². The van der Waals surface area contributed by atoms with Crippen LogP contribution in [-0.2, 0) is 10.3 Å². The van der Waals surface area contributed by atoms with Crippen molar-refractivity contribution in [3.63, 3.8) is 0 Å². The Labute approximate surface area is 185 Å². The summed E-state index contributed by atoms with van der Waals surface area (Å²) < 4.78 is 4.96. The van der Waals surface area contributed by atoms with Crippen molar-refractivity contribution in [1.82, 2.24) is 9.80 Å². The largest absolute Gasteiger partial charge is 0.385 e. The third-order valence-electron chi connectivity index (χ3n) is 6.00. The number of amides is 3. The number of nitrogens with zero attached hydrogens (tertiary/aromatic N) is 2. The Morgan fingerprint density at radius 2 is 1.71 bits per heavy atom. The number of hydrogen-bond donors (Lipinski definition) is 1. The lowest BCUT2D eigenvalue weighted by atomic mass is 9.84. The van der Waals surface area contributed by atoms with Gasteiger partial charge in [-0.05, 0) is 48.7 Å². The molecule has 2 aliphatic rings. The molecule has 31 heavy (non-hydrogen) atoms. The van der Waals surface area contributed by atoms with E-state index in [9.17, 15) is 19.5 Å². The van der Waals surface area contributed by atoms with Gasteiger partial charge in [0, 0.05) is 30.8 Å². The van der Waals surface area contributed by atoms with Gasteiger partial charge >= 0.3 is 0 Å². The van der Waals surface area contributed by atoms with E-state index >= 15 is 0 Å². The highest BCUT2D eigenvalue weighted by Gasteiger charge is 2.38. The Morgan fingerprint density at radius 3 is 2.35 bits per heavy atom. The Kier molecular flexibility index (Phi) is 5.83. The Balaban J connectivity index is 1.47. The van der Waals surface area contributed by atoms with Gasteiger partial charge < -0.3 is 14.7 Å². The van der Waals surface area contributed by atoms with E-state index in [-0.39, 0.29) is 30.5 Å². The zero-order chi connectivity index (χ0) is 22.2. The summed E-state index contributed by atoms with van der Waals surface area (Å²) in [6.45, 7) is 1.17. The quantitative estimate of drug-likeness (QED) is 0.719. The first-order chi connectivity index (χ1) is 14.8. The number of aliphatic hydroxyl groups is 1. The lowest BCUT2D eigenvalue weighted by molar-refractivity contribution is -0.0211. The monoisotopic (exact) mass is 442 g/mol. The number of rotatable bonds is 5. The van der Waals surface area contributed by atoms with Crippen molar-refractivity contribution >= 4 is 29.3 Å². The maximum Gasteiger partial charge on any atom is 0.261 e. The van der Waals surface area contributed by atoms with Crippen molar-refractivity contribution in [2.24, 2.45) is 0 Å². The van der Waals surface area contributed by atoms with Crippen molar-refractivity contribution in [3.8, 4) is 0 Å². The van der Waals surface area contributed by atoms with E-state index < -0.39 is 11.5 Å². The van der Waals surface area contributed by atoms with Crippen LogP contribution in [0.2, 0.25) is 5.02 Å². The third-order valence-corrected chi connectivity index (χ3v) is 6.25. The second-order valence-electron chi connectivity index (χ2n) is 7.85. The van der Waals surface area contributed by atoms with Crippen molar-refractivity contribution in [2.45, 2.75) is 18.4 Å². The molecule has 2 aromatic rings. The number of imide groups is 1. The molecule has 3 amide bonds. The summed E-state index contributed by atoms with van der Waals surface area (Å²) >= 11 is 5.93. The van der Waals surface area contributed by atoms with Gasteiger partial charge in [0.05, 0.1) is 29.9 Å². The second-order valence-corrected chi connectivity index (χ2v) is 8.28. The molecule has 0 aliphatic carbocycles. The van der Waals surface area contributed by atoms with Crippen LogP contribution in [0.25, 0.3) is 0 Å². The summed E-state index contributed by atoms with van der Waals surface area (Å²) in [4.78, 5) is 40.9. The molecule has 2 aliphatic heterocycles. The molecule has 0 unspecified atom stereocenters. The molecule has 4 rings (SSSR count). The summed E-state index contributed by atoms with van der Waals surface area (Å²) in [5, 5.41) is 11.6. The Hall–Kier alpha value is -2.74. The van der Waals surface area contributed by atoms with Crippen LogP contribution in [0.1, 0.15) is 49.5 Å². The van der Waals surface area contributed by atoms with Crippen LogP contribution in [0.5, 0.6) is 0 Å². The first-order valence-corrected chi connectivity index (χ1v) is 10.5. The van der Waals surface area contributed by atoms with Gasteiger partial charge in [0.25, 0.3) is 17.7 Å². The van der Waals surface area contributed by atoms with Crippen LogP contribution < -0.4 is 0 Å². The van der Waals surface area contributed by atoms with Crippen molar-refractivity contribution < 1.29 is 24.2 Å². The molecule has 8 heteroatoms. The SMILES string of the molecule is COCCN1C(=O)c2ccc(C(=O)N3CCC(O)(c4ccc(Cl)cc4)CC3)cc2C1=O. The lowest BCUT2D eigenvalue weighted by Crippen LogP contribution is -2.45.